The van der Waals surface area contributed by atoms with E-state index < -0.39 is 0 Å². The van der Waals surface area contributed by atoms with Crippen molar-refractivity contribution in [1.82, 2.24) is 0 Å². The van der Waals surface area contributed by atoms with Gasteiger partial charge in [0.2, 0.25) is 0 Å². The van der Waals surface area contributed by atoms with Crippen LogP contribution in [0.4, 0.5) is 0 Å². The van der Waals surface area contributed by atoms with Gasteiger partial charge in [-0.1, -0.05) is 168 Å². The Morgan fingerprint density at radius 1 is 0.324 bits per heavy atom. The van der Waals surface area contributed by atoms with Crippen molar-refractivity contribution in [3.05, 3.63) is 0 Å². The molecule has 34 heavy (non-hydrogen) atoms. The molecule has 0 aromatic carbocycles. The van der Waals surface area contributed by atoms with Crippen LogP contribution in [0.15, 0.2) is 0 Å². The topological polar surface area (TPSA) is 29.5 Å². The highest BCUT2D eigenvalue weighted by atomic mass is 16.5. The second-order valence-electron chi connectivity index (χ2n) is 10.5. The molecule has 0 bridgehead atoms. The monoisotopic (exact) mass is 485 g/mol. The first-order valence-electron chi connectivity index (χ1n) is 16.0. The summed E-state index contributed by atoms with van der Waals surface area (Å²) in [4.78, 5) is 0. The Labute approximate surface area is 217 Å². The first-order valence-corrected chi connectivity index (χ1v) is 16.0. The second kappa shape index (κ2) is 37.5. The van der Waals surface area contributed by atoms with Gasteiger partial charge >= 0.3 is 0 Å². The number of unbranched alkanes of at least 4 members (excludes halogenated alkanes) is 23. The SMILES string of the molecule is CCCCCCCCCCCCO.CCCCCCCCCCOCCCCCCCCCC. The fourth-order valence-electron chi connectivity index (χ4n) is 4.38. The van der Waals surface area contributed by atoms with Crippen molar-refractivity contribution >= 4 is 0 Å². The fraction of sp³-hybridized carbons (Fsp3) is 1.00. The van der Waals surface area contributed by atoms with Crippen molar-refractivity contribution in [2.75, 3.05) is 19.8 Å². The van der Waals surface area contributed by atoms with Crippen LogP contribution in [0.5, 0.6) is 0 Å². The lowest BCUT2D eigenvalue weighted by Crippen LogP contribution is -1.97. The molecule has 0 spiro atoms. The third-order valence-electron chi connectivity index (χ3n) is 6.80. The number of hydrogen-bond donors (Lipinski definition) is 1. The lowest BCUT2D eigenvalue weighted by atomic mass is 10.1. The molecular weight excluding hydrogens is 416 g/mol. The molecule has 0 fully saturated rings. The molecule has 2 heteroatoms. The summed E-state index contributed by atoms with van der Waals surface area (Å²) >= 11 is 0. The van der Waals surface area contributed by atoms with Crippen molar-refractivity contribution in [2.24, 2.45) is 0 Å². The van der Waals surface area contributed by atoms with Gasteiger partial charge in [-0.05, 0) is 19.3 Å². The predicted molar refractivity (Wildman–Crippen MR) is 155 cm³/mol. The van der Waals surface area contributed by atoms with E-state index in [0.717, 1.165) is 19.6 Å². The molecule has 0 aliphatic carbocycles. The van der Waals surface area contributed by atoms with Crippen LogP contribution in [-0.4, -0.2) is 24.9 Å². The van der Waals surface area contributed by atoms with Gasteiger partial charge in [0.05, 0.1) is 0 Å². The van der Waals surface area contributed by atoms with E-state index >= 15 is 0 Å². The molecule has 0 atom stereocenters. The first-order chi connectivity index (χ1) is 16.8. The summed E-state index contributed by atoms with van der Waals surface area (Å²) in [7, 11) is 0. The summed E-state index contributed by atoms with van der Waals surface area (Å²) < 4.78 is 5.72. The van der Waals surface area contributed by atoms with Crippen LogP contribution in [0.3, 0.4) is 0 Å². The van der Waals surface area contributed by atoms with Gasteiger partial charge in [0.25, 0.3) is 0 Å². The second-order valence-corrected chi connectivity index (χ2v) is 10.5. The maximum Gasteiger partial charge on any atom is 0.0466 e. The molecular formula is C32H68O2. The minimum atomic E-state index is 0.372. The van der Waals surface area contributed by atoms with Crippen LogP contribution in [-0.2, 0) is 4.74 Å². The highest BCUT2D eigenvalue weighted by Gasteiger charge is 1.94. The van der Waals surface area contributed by atoms with E-state index in [1.165, 1.54) is 161 Å². The summed E-state index contributed by atoms with van der Waals surface area (Å²) in [6.45, 7) is 9.18. The van der Waals surface area contributed by atoms with E-state index in [1.54, 1.807) is 0 Å². The fourth-order valence-corrected chi connectivity index (χ4v) is 4.38. The molecule has 2 nitrogen and oxygen atoms in total. The van der Waals surface area contributed by atoms with E-state index in [0.29, 0.717) is 6.61 Å². The number of rotatable bonds is 28. The Hall–Kier alpha value is -0.0800. The summed E-state index contributed by atoms with van der Waals surface area (Å²) in [5.74, 6) is 0. The maximum atomic E-state index is 8.57. The summed E-state index contributed by atoms with van der Waals surface area (Å²) in [6.07, 6.45) is 35.5. The van der Waals surface area contributed by atoms with Crippen molar-refractivity contribution in [1.29, 1.82) is 0 Å². The van der Waals surface area contributed by atoms with Gasteiger partial charge in [-0.25, -0.2) is 0 Å². The van der Waals surface area contributed by atoms with Gasteiger partial charge < -0.3 is 9.84 Å². The van der Waals surface area contributed by atoms with Gasteiger partial charge in [-0.2, -0.15) is 0 Å². The molecule has 0 aliphatic rings. The minimum absolute atomic E-state index is 0.372. The summed E-state index contributed by atoms with van der Waals surface area (Å²) in [5.41, 5.74) is 0. The summed E-state index contributed by atoms with van der Waals surface area (Å²) in [6, 6.07) is 0. The quantitative estimate of drug-likeness (QED) is 0.112. The Morgan fingerprint density at radius 2 is 0.559 bits per heavy atom. The molecule has 1 N–H and O–H groups in total. The van der Waals surface area contributed by atoms with E-state index in [2.05, 4.69) is 20.8 Å². The smallest absolute Gasteiger partial charge is 0.0466 e. The van der Waals surface area contributed by atoms with E-state index in [-0.39, 0.29) is 0 Å². The van der Waals surface area contributed by atoms with Gasteiger partial charge in [0.1, 0.15) is 0 Å². The molecule has 0 aliphatic heterocycles. The molecule has 0 saturated heterocycles. The molecule has 208 valence electrons. The van der Waals surface area contributed by atoms with E-state index in [9.17, 15) is 0 Å². The van der Waals surface area contributed by atoms with Crippen molar-refractivity contribution < 1.29 is 9.84 Å². The zero-order valence-electron chi connectivity index (χ0n) is 24.4. The third kappa shape index (κ3) is 39.1. The van der Waals surface area contributed by atoms with Crippen molar-refractivity contribution in [3.63, 3.8) is 0 Å². The largest absolute Gasteiger partial charge is 0.396 e. The first kappa shape index (κ1) is 36.1. The number of hydrogen-bond acceptors (Lipinski definition) is 2. The lowest BCUT2D eigenvalue weighted by molar-refractivity contribution is 0.125. The highest BCUT2D eigenvalue weighted by molar-refractivity contribution is 4.48. The van der Waals surface area contributed by atoms with Crippen LogP contribution < -0.4 is 0 Å². The number of aliphatic hydroxyl groups is 1. The van der Waals surface area contributed by atoms with Gasteiger partial charge in [-0.15, -0.1) is 0 Å². The van der Waals surface area contributed by atoms with Crippen LogP contribution in [0.1, 0.15) is 188 Å². The maximum absolute atomic E-state index is 8.57. The Balaban J connectivity index is 0. The normalized spacial score (nSPS) is 10.9. The van der Waals surface area contributed by atoms with Crippen LogP contribution in [0, 0.1) is 0 Å². The molecule has 0 heterocycles. The zero-order valence-corrected chi connectivity index (χ0v) is 24.4. The molecule has 0 aromatic rings. The minimum Gasteiger partial charge on any atom is -0.396 e. The predicted octanol–water partition coefficient (Wildman–Crippen LogP) is 11.2. The van der Waals surface area contributed by atoms with Crippen molar-refractivity contribution in [2.45, 2.75) is 188 Å². The molecule has 0 rings (SSSR count). The molecule has 0 amide bonds. The Bertz CT molecular complexity index is 277. The average Bonchev–Trinajstić information content (AvgIpc) is 2.85. The van der Waals surface area contributed by atoms with Crippen LogP contribution in [0.2, 0.25) is 0 Å². The van der Waals surface area contributed by atoms with E-state index in [4.69, 9.17) is 9.84 Å². The Kier molecular flexibility index (Phi) is 39.8. The Morgan fingerprint density at radius 3 is 0.824 bits per heavy atom. The number of ether oxygens (including phenoxy) is 1. The highest BCUT2D eigenvalue weighted by Crippen LogP contribution is 2.11. The molecule has 0 aromatic heterocycles. The molecule has 0 unspecified atom stereocenters. The van der Waals surface area contributed by atoms with Crippen LogP contribution in [0.25, 0.3) is 0 Å². The van der Waals surface area contributed by atoms with Gasteiger partial charge in [0.15, 0.2) is 0 Å². The van der Waals surface area contributed by atoms with Crippen molar-refractivity contribution in [3.8, 4) is 0 Å². The van der Waals surface area contributed by atoms with Crippen LogP contribution >= 0.6 is 0 Å². The molecule has 0 saturated carbocycles. The van der Waals surface area contributed by atoms with Gasteiger partial charge in [0, 0.05) is 19.8 Å². The third-order valence-corrected chi connectivity index (χ3v) is 6.80. The number of aliphatic hydroxyl groups excluding tert-OH is 1. The summed E-state index contributed by atoms with van der Waals surface area (Å²) in [5, 5.41) is 8.57. The standard InChI is InChI=1S/C20H42O.C12H26O/c1-3-5-7-9-11-13-15-17-19-21-20-18-16-14-12-10-8-6-4-2;1-2-3-4-5-6-7-8-9-10-11-12-13/h3-20H2,1-2H3;13H,2-12H2,1H3. The lowest BCUT2D eigenvalue weighted by Gasteiger charge is -2.05. The average molecular weight is 485 g/mol. The molecule has 0 radical (unpaired) electrons. The zero-order chi connectivity index (χ0) is 25.2. The van der Waals surface area contributed by atoms with E-state index in [1.807, 2.05) is 0 Å². The van der Waals surface area contributed by atoms with Gasteiger partial charge in [-0.3, -0.25) is 0 Å².